The highest BCUT2D eigenvalue weighted by atomic mass is 16.5. The quantitative estimate of drug-likeness (QED) is 0.626. The Morgan fingerprint density at radius 3 is 2.75 bits per heavy atom. The molecule has 2 rings (SSSR count). The van der Waals surface area contributed by atoms with Gasteiger partial charge in [-0.1, -0.05) is 18.2 Å². The molecule has 1 aliphatic carbocycles. The molecule has 1 fully saturated rings. The normalized spacial score (nSPS) is 39.6. The monoisotopic (exact) mass is 226 g/mol. The van der Waals surface area contributed by atoms with Crippen LogP contribution in [0.25, 0.3) is 0 Å². The summed E-state index contributed by atoms with van der Waals surface area (Å²) >= 11 is 0. The minimum absolute atomic E-state index is 0.216. The summed E-state index contributed by atoms with van der Waals surface area (Å²) in [5, 5.41) is 28.3. The molecule has 90 valence electrons. The van der Waals surface area contributed by atoms with E-state index in [1.165, 1.54) is 0 Å². The Hall–Kier alpha value is -0.680. The van der Waals surface area contributed by atoms with Crippen LogP contribution in [0.5, 0.6) is 0 Å². The highest BCUT2D eigenvalue weighted by molar-refractivity contribution is 5.27. The zero-order valence-corrected chi connectivity index (χ0v) is 9.12. The third kappa shape index (κ3) is 2.35. The average Bonchev–Trinajstić information content (AvgIpc) is 2.33. The van der Waals surface area contributed by atoms with Crippen molar-refractivity contribution in [1.82, 2.24) is 0 Å². The van der Waals surface area contributed by atoms with Crippen LogP contribution in [-0.4, -0.2) is 46.3 Å². The van der Waals surface area contributed by atoms with Crippen molar-refractivity contribution in [2.45, 2.75) is 43.7 Å². The number of aliphatic hydroxyl groups is 3. The molecular weight excluding hydrogens is 208 g/mol. The lowest BCUT2D eigenvalue weighted by atomic mass is 9.91. The Morgan fingerprint density at radius 2 is 2.12 bits per heavy atom. The number of aliphatic hydroxyl groups excluding tert-OH is 3. The number of hydrogen-bond donors (Lipinski definition) is 3. The molecule has 4 unspecified atom stereocenters. The number of allylic oxidation sites excluding steroid dienone is 2. The molecule has 4 nitrogen and oxygen atoms in total. The summed E-state index contributed by atoms with van der Waals surface area (Å²) in [6, 6.07) is 0. The molecule has 0 saturated carbocycles. The van der Waals surface area contributed by atoms with E-state index in [9.17, 15) is 10.2 Å². The van der Waals surface area contributed by atoms with E-state index >= 15 is 0 Å². The maximum atomic E-state index is 9.69. The first kappa shape index (κ1) is 11.8. The molecule has 4 heteroatoms. The Labute approximate surface area is 94.9 Å². The molecular formula is C12H18O4. The van der Waals surface area contributed by atoms with Crippen molar-refractivity contribution in [2.24, 2.45) is 0 Å². The summed E-state index contributed by atoms with van der Waals surface area (Å²) in [5.41, 5.74) is 1.04. The van der Waals surface area contributed by atoms with Crippen LogP contribution in [0.4, 0.5) is 0 Å². The number of hydrogen-bond acceptors (Lipinski definition) is 4. The van der Waals surface area contributed by atoms with Gasteiger partial charge in [-0.15, -0.1) is 0 Å². The fraction of sp³-hybridized carbons (Fsp3) is 0.667. The van der Waals surface area contributed by atoms with Gasteiger partial charge >= 0.3 is 0 Å². The minimum Gasteiger partial charge on any atom is -0.394 e. The van der Waals surface area contributed by atoms with Crippen molar-refractivity contribution in [3.05, 3.63) is 23.8 Å². The van der Waals surface area contributed by atoms with E-state index in [0.29, 0.717) is 6.42 Å². The second-order valence-corrected chi connectivity index (χ2v) is 4.32. The number of rotatable bonds is 2. The van der Waals surface area contributed by atoms with Gasteiger partial charge in [0.25, 0.3) is 0 Å². The molecule has 3 N–H and O–H groups in total. The molecule has 0 amide bonds. The molecule has 4 atom stereocenters. The molecule has 16 heavy (non-hydrogen) atoms. The van der Waals surface area contributed by atoms with Gasteiger partial charge in [-0.05, 0) is 18.4 Å². The maximum Gasteiger partial charge on any atom is 0.110 e. The summed E-state index contributed by atoms with van der Waals surface area (Å²) in [4.78, 5) is 0. The smallest absolute Gasteiger partial charge is 0.110 e. The fourth-order valence-electron chi connectivity index (χ4n) is 2.19. The molecule has 0 aromatic heterocycles. The van der Waals surface area contributed by atoms with Crippen molar-refractivity contribution < 1.29 is 20.1 Å². The molecule has 0 spiro atoms. The molecule has 0 aromatic carbocycles. The maximum absolute atomic E-state index is 9.69. The van der Waals surface area contributed by atoms with Gasteiger partial charge in [0.05, 0.1) is 18.8 Å². The highest BCUT2D eigenvalue weighted by Crippen LogP contribution is 2.27. The van der Waals surface area contributed by atoms with Crippen LogP contribution in [0.15, 0.2) is 23.8 Å². The Morgan fingerprint density at radius 1 is 1.31 bits per heavy atom. The van der Waals surface area contributed by atoms with Crippen LogP contribution in [-0.2, 0) is 4.74 Å². The van der Waals surface area contributed by atoms with Crippen LogP contribution in [0.2, 0.25) is 0 Å². The van der Waals surface area contributed by atoms with Gasteiger partial charge < -0.3 is 20.1 Å². The summed E-state index contributed by atoms with van der Waals surface area (Å²) < 4.78 is 5.58. The second-order valence-electron chi connectivity index (χ2n) is 4.32. The molecule has 1 aliphatic heterocycles. The minimum atomic E-state index is -0.991. The van der Waals surface area contributed by atoms with Gasteiger partial charge in [0.15, 0.2) is 0 Å². The number of ether oxygens (including phenoxy) is 1. The molecule has 0 aromatic rings. The SMILES string of the molecule is OCC1OC(C2=CCCC=C2)CC(O)C1O. The molecule has 1 heterocycles. The third-order valence-electron chi connectivity index (χ3n) is 3.15. The van der Waals surface area contributed by atoms with E-state index in [4.69, 9.17) is 9.84 Å². The van der Waals surface area contributed by atoms with Crippen molar-refractivity contribution in [1.29, 1.82) is 0 Å². The van der Waals surface area contributed by atoms with Crippen LogP contribution in [0, 0.1) is 0 Å². The van der Waals surface area contributed by atoms with Crippen molar-refractivity contribution in [2.75, 3.05) is 6.61 Å². The third-order valence-corrected chi connectivity index (χ3v) is 3.15. The zero-order valence-electron chi connectivity index (χ0n) is 9.12. The summed E-state index contributed by atoms with van der Waals surface area (Å²) in [5.74, 6) is 0. The first-order valence-electron chi connectivity index (χ1n) is 5.71. The van der Waals surface area contributed by atoms with E-state index in [-0.39, 0.29) is 12.7 Å². The standard InChI is InChI=1S/C12H18O4/c13-7-11-12(15)9(14)6-10(16-11)8-4-2-1-3-5-8/h2,4-5,9-15H,1,3,6-7H2. The van der Waals surface area contributed by atoms with Gasteiger partial charge in [-0.3, -0.25) is 0 Å². The van der Waals surface area contributed by atoms with Gasteiger partial charge in [-0.25, -0.2) is 0 Å². The average molecular weight is 226 g/mol. The fourth-order valence-corrected chi connectivity index (χ4v) is 2.19. The van der Waals surface area contributed by atoms with E-state index in [2.05, 4.69) is 12.2 Å². The lowest BCUT2D eigenvalue weighted by molar-refractivity contribution is -0.169. The zero-order chi connectivity index (χ0) is 11.5. The van der Waals surface area contributed by atoms with Gasteiger partial charge in [0.2, 0.25) is 0 Å². The van der Waals surface area contributed by atoms with Crippen molar-refractivity contribution in [3.63, 3.8) is 0 Å². The lowest BCUT2D eigenvalue weighted by Gasteiger charge is -2.37. The topological polar surface area (TPSA) is 69.9 Å². The lowest BCUT2D eigenvalue weighted by Crippen LogP contribution is -2.50. The molecule has 0 bridgehead atoms. The summed E-state index contributed by atoms with van der Waals surface area (Å²) in [7, 11) is 0. The van der Waals surface area contributed by atoms with Crippen molar-refractivity contribution >= 4 is 0 Å². The van der Waals surface area contributed by atoms with Crippen LogP contribution in [0.1, 0.15) is 19.3 Å². The highest BCUT2D eigenvalue weighted by Gasteiger charge is 2.37. The van der Waals surface area contributed by atoms with Crippen LogP contribution < -0.4 is 0 Å². The first-order valence-corrected chi connectivity index (χ1v) is 5.71. The second kappa shape index (κ2) is 5.10. The van der Waals surface area contributed by atoms with Crippen LogP contribution >= 0.6 is 0 Å². The van der Waals surface area contributed by atoms with Gasteiger partial charge in [0, 0.05) is 6.42 Å². The summed E-state index contributed by atoms with van der Waals surface area (Å²) in [6.45, 7) is -0.272. The predicted octanol–water partition coefficient (Wildman–Crippen LogP) is 0.134. The Balaban J connectivity index is 2.06. The van der Waals surface area contributed by atoms with E-state index in [0.717, 1.165) is 18.4 Å². The Bertz CT molecular complexity index is 297. The predicted molar refractivity (Wildman–Crippen MR) is 58.8 cm³/mol. The molecule has 0 radical (unpaired) electrons. The van der Waals surface area contributed by atoms with Gasteiger partial charge in [-0.2, -0.15) is 0 Å². The Kier molecular flexibility index (Phi) is 3.76. The van der Waals surface area contributed by atoms with E-state index in [1.54, 1.807) is 0 Å². The molecule has 1 saturated heterocycles. The van der Waals surface area contributed by atoms with E-state index < -0.39 is 18.3 Å². The van der Waals surface area contributed by atoms with Crippen molar-refractivity contribution in [3.8, 4) is 0 Å². The van der Waals surface area contributed by atoms with E-state index in [1.807, 2.05) is 6.08 Å². The largest absolute Gasteiger partial charge is 0.394 e. The molecule has 2 aliphatic rings. The van der Waals surface area contributed by atoms with Crippen LogP contribution in [0.3, 0.4) is 0 Å². The summed E-state index contributed by atoms with van der Waals surface area (Å²) in [6.07, 6.45) is 5.83. The van der Waals surface area contributed by atoms with Gasteiger partial charge in [0.1, 0.15) is 12.2 Å². The first-order chi connectivity index (χ1) is 7.72.